The number of hydrogen-bond donors (Lipinski definition) is 2. The second-order valence-electron chi connectivity index (χ2n) is 8.52. The van der Waals surface area contributed by atoms with Crippen molar-refractivity contribution < 1.29 is 9.59 Å². The van der Waals surface area contributed by atoms with Crippen LogP contribution in [0.5, 0.6) is 0 Å². The first-order chi connectivity index (χ1) is 13.5. The van der Waals surface area contributed by atoms with Gasteiger partial charge < -0.3 is 11.1 Å². The third kappa shape index (κ3) is 3.99. The molecule has 7 nitrogen and oxygen atoms in total. The van der Waals surface area contributed by atoms with Crippen molar-refractivity contribution in [3.63, 3.8) is 0 Å². The maximum Gasteiger partial charge on any atom is 0.256 e. The smallest absolute Gasteiger partial charge is 0.256 e. The minimum atomic E-state index is -0.545. The lowest BCUT2D eigenvalue weighted by Gasteiger charge is -2.20. The second-order valence-corrected chi connectivity index (χ2v) is 8.52. The summed E-state index contributed by atoms with van der Waals surface area (Å²) in [5.41, 5.74) is 8.67. The van der Waals surface area contributed by atoms with Gasteiger partial charge in [0, 0.05) is 16.9 Å². The van der Waals surface area contributed by atoms with Gasteiger partial charge in [-0.1, -0.05) is 19.9 Å². The molecule has 2 amide bonds. The number of rotatable bonds is 4. The van der Waals surface area contributed by atoms with Crippen molar-refractivity contribution in [3.05, 3.63) is 52.8 Å². The molecule has 7 heteroatoms. The van der Waals surface area contributed by atoms with E-state index >= 15 is 0 Å². The first-order valence-corrected chi connectivity index (χ1v) is 9.61. The van der Waals surface area contributed by atoms with Gasteiger partial charge in [-0.05, 0) is 57.9 Å². The Morgan fingerprint density at radius 3 is 2.45 bits per heavy atom. The Labute approximate surface area is 170 Å². The molecule has 0 spiro atoms. The van der Waals surface area contributed by atoms with Gasteiger partial charge in [-0.2, -0.15) is 5.10 Å². The average Bonchev–Trinajstić information content (AvgIpc) is 2.98. The van der Waals surface area contributed by atoms with Crippen LogP contribution in [0.1, 0.15) is 72.6 Å². The van der Waals surface area contributed by atoms with E-state index in [0.717, 1.165) is 16.8 Å². The van der Waals surface area contributed by atoms with Crippen LogP contribution in [0.3, 0.4) is 0 Å². The van der Waals surface area contributed by atoms with Gasteiger partial charge in [0.15, 0.2) is 5.65 Å². The van der Waals surface area contributed by atoms with E-state index in [1.807, 2.05) is 31.5 Å². The number of nitrogens with two attached hydrogens (primary N) is 1. The summed E-state index contributed by atoms with van der Waals surface area (Å²) in [6.07, 6.45) is 0. The minimum absolute atomic E-state index is 0.146. The molecule has 1 aromatic carbocycles. The van der Waals surface area contributed by atoms with E-state index < -0.39 is 5.91 Å². The summed E-state index contributed by atoms with van der Waals surface area (Å²) in [5.74, 6) is -0.679. The number of nitrogens with one attached hydrogen (secondary N) is 1. The predicted molar refractivity (Wildman–Crippen MR) is 114 cm³/mol. The van der Waals surface area contributed by atoms with Crippen molar-refractivity contribution in [2.75, 3.05) is 5.32 Å². The maximum absolute atomic E-state index is 13.2. The lowest BCUT2D eigenvalue weighted by molar-refractivity contribution is 0.0996. The number of amides is 2. The van der Waals surface area contributed by atoms with Crippen LogP contribution >= 0.6 is 0 Å². The highest BCUT2D eigenvalue weighted by Crippen LogP contribution is 2.29. The normalized spacial score (nSPS) is 11.8. The molecule has 0 unspecified atom stereocenters. The zero-order valence-electron chi connectivity index (χ0n) is 17.7. The molecule has 3 N–H and O–H groups in total. The molecule has 0 aliphatic rings. The summed E-state index contributed by atoms with van der Waals surface area (Å²) < 4.78 is 1.87. The van der Waals surface area contributed by atoms with Crippen molar-refractivity contribution >= 4 is 28.5 Å². The number of benzene rings is 1. The van der Waals surface area contributed by atoms with Gasteiger partial charge in [-0.3, -0.25) is 9.59 Å². The molecule has 0 radical (unpaired) electrons. The minimum Gasteiger partial charge on any atom is -0.366 e. The Morgan fingerprint density at radius 2 is 1.86 bits per heavy atom. The predicted octanol–water partition coefficient (Wildman–Crippen LogP) is 3.97. The Kier molecular flexibility index (Phi) is 5.17. The highest BCUT2D eigenvalue weighted by Gasteiger charge is 2.25. The zero-order valence-corrected chi connectivity index (χ0v) is 17.7. The lowest BCUT2D eigenvalue weighted by Crippen LogP contribution is -2.24. The quantitative estimate of drug-likeness (QED) is 0.700. The molecule has 29 heavy (non-hydrogen) atoms. The van der Waals surface area contributed by atoms with Gasteiger partial charge in [0.25, 0.3) is 5.91 Å². The highest BCUT2D eigenvalue weighted by atomic mass is 16.2. The van der Waals surface area contributed by atoms with Crippen molar-refractivity contribution in [1.82, 2.24) is 14.8 Å². The number of pyridine rings is 1. The lowest BCUT2D eigenvalue weighted by atomic mass is 10.0. The van der Waals surface area contributed by atoms with Gasteiger partial charge >= 0.3 is 0 Å². The molecule has 0 atom stereocenters. The highest BCUT2D eigenvalue weighted by molar-refractivity contribution is 6.13. The summed E-state index contributed by atoms with van der Waals surface area (Å²) >= 11 is 0. The molecule has 0 bridgehead atoms. The maximum atomic E-state index is 13.2. The van der Waals surface area contributed by atoms with Crippen LogP contribution in [0, 0.1) is 6.92 Å². The third-order valence-electron chi connectivity index (χ3n) is 4.71. The van der Waals surface area contributed by atoms with Crippen LogP contribution in [0.4, 0.5) is 5.69 Å². The fourth-order valence-corrected chi connectivity index (χ4v) is 3.20. The summed E-state index contributed by atoms with van der Waals surface area (Å²) in [6, 6.07) is 8.39. The summed E-state index contributed by atoms with van der Waals surface area (Å²) in [4.78, 5) is 29.4. The monoisotopic (exact) mass is 393 g/mol. The number of fused-ring (bicyclic) bond motifs is 1. The standard InChI is InChI=1S/C22H27N5O2/c1-12(2)17-11-16(18-13(3)26-27(20(18)25-17)22(4,5)6)21(29)24-15-9-7-8-14(10-15)19(23)28/h7-12H,1-6H3,(H2,23,28)(H,24,29). The van der Waals surface area contributed by atoms with Crippen LogP contribution < -0.4 is 11.1 Å². The van der Waals surface area contributed by atoms with Crippen LogP contribution in [0.25, 0.3) is 11.0 Å². The fraction of sp³-hybridized carbons (Fsp3) is 0.364. The molecule has 2 aromatic heterocycles. The summed E-state index contributed by atoms with van der Waals surface area (Å²) in [5, 5.41) is 8.27. The number of carbonyl (C=O) groups is 2. The van der Waals surface area contributed by atoms with Gasteiger partial charge in [0.05, 0.1) is 22.2 Å². The molecule has 0 fully saturated rings. The van der Waals surface area contributed by atoms with E-state index in [9.17, 15) is 9.59 Å². The van der Waals surface area contributed by atoms with Crippen molar-refractivity contribution in [3.8, 4) is 0 Å². The molecular weight excluding hydrogens is 366 g/mol. The molecule has 152 valence electrons. The van der Waals surface area contributed by atoms with Gasteiger partial charge in [-0.25, -0.2) is 9.67 Å². The first-order valence-electron chi connectivity index (χ1n) is 9.61. The Morgan fingerprint density at radius 1 is 1.17 bits per heavy atom. The molecular formula is C22H27N5O2. The number of aryl methyl sites for hydroxylation is 1. The molecule has 0 aliphatic heterocycles. The van der Waals surface area contributed by atoms with E-state index in [4.69, 9.17) is 10.7 Å². The second kappa shape index (κ2) is 7.31. The van der Waals surface area contributed by atoms with Crippen molar-refractivity contribution in [2.45, 2.75) is 53.0 Å². The van der Waals surface area contributed by atoms with Crippen LogP contribution in [-0.4, -0.2) is 26.6 Å². The zero-order chi connectivity index (χ0) is 21.5. The van der Waals surface area contributed by atoms with E-state index in [2.05, 4.69) is 31.2 Å². The molecule has 2 heterocycles. The van der Waals surface area contributed by atoms with E-state index in [-0.39, 0.29) is 17.4 Å². The van der Waals surface area contributed by atoms with Crippen molar-refractivity contribution in [1.29, 1.82) is 0 Å². The average molecular weight is 393 g/mol. The van der Waals surface area contributed by atoms with Crippen molar-refractivity contribution in [2.24, 2.45) is 5.73 Å². The number of carbonyl (C=O) groups excluding carboxylic acids is 2. The number of nitrogens with zero attached hydrogens (tertiary/aromatic N) is 3. The number of aromatic nitrogens is 3. The SMILES string of the molecule is Cc1nn(C(C)(C)C)c2nc(C(C)C)cc(C(=O)Nc3cccc(C(N)=O)c3)c12. The molecule has 3 aromatic rings. The summed E-state index contributed by atoms with van der Waals surface area (Å²) in [6.45, 7) is 12.1. The third-order valence-corrected chi connectivity index (χ3v) is 4.71. The van der Waals surface area contributed by atoms with E-state index in [1.165, 1.54) is 0 Å². The van der Waals surface area contributed by atoms with Crippen LogP contribution in [0.15, 0.2) is 30.3 Å². The first kappa shape index (κ1) is 20.5. The molecule has 0 saturated heterocycles. The van der Waals surface area contributed by atoms with Gasteiger partial charge in [0.2, 0.25) is 5.91 Å². The number of primary amides is 1. The van der Waals surface area contributed by atoms with Gasteiger partial charge in [-0.15, -0.1) is 0 Å². The topological polar surface area (TPSA) is 103 Å². The molecule has 0 aliphatic carbocycles. The Hall–Kier alpha value is -3.22. The van der Waals surface area contributed by atoms with E-state index in [1.54, 1.807) is 24.3 Å². The summed E-state index contributed by atoms with van der Waals surface area (Å²) in [7, 11) is 0. The van der Waals surface area contributed by atoms with Gasteiger partial charge in [0.1, 0.15) is 0 Å². The molecule has 0 saturated carbocycles. The van der Waals surface area contributed by atoms with E-state index in [0.29, 0.717) is 22.5 Å². The Bertz CT molecular complexity index is 1110. The molecule has 3 rings (SSSR count). The van der Waals surface area contributed by atoms with Crippen LogP contribution in [0.2, 0.25) is 0 Å². The van der Waals surface area contributed by atoms with Crippen LogP contribution in [-0.2, 0) is 5.54 Å². The Balaban J connectivity index is 2.15. The number of hydrogen-bond acceptors (Lipinski definition) is 4. The number of anilines is 1. The fourth-order valence-electron chi connectivity index (χ4n) is 3.20. The largest absolute Gasteiger partial charge is 0.366 e.